The van der Waals surface area contributed by atoms with Crippen LogP contribution >= 0.6 is 23.1 Å². The molecular weight excluding hydrogens is 300 g/mol. The predicted octanol–water partition coefficient (Wildman–Crippen LogP) is 4.20. The number of carbonyl (C=O) groups is 1. The monoisotopic (exact) mass is 320 g/mol. The van der Waals surface area contributed by atoms with E-state index in [0.29, 0.717) is 5.75 Å². The molecule has 1 aromatic heterocycles. The molecule has 1 N–H and O–H groups in total. The third-order valence-electron chi connectivity index (χ3n) is 3.04. The molecule has 0 fully saturated rings. The fourth-order valence-electron chi connectivity index (χ4n) is 2.06. The van der Waals surface area contributed by atoms with Crippen molar-refractivity contribution in [1.29, 1.82) is 0 Å². The van der Waals surface area contributed by atoms with Gasteiger partial charge in [0.05, 0.1) is 11.8 Å². The second-order valence-electron chi connectivity index (χ2n) is 4.86. The molecule has 0 aliphatic carbocycles. The van der Waals surface area contributed by atoms with Gasteiger partial charge in [-0.25, -0.2) is 4.98 Å². The van der Waals surface area contributed by atoms with E-state index in [1.165, 1.54) is 17.3 Å². The molecule has 2 aromatic rings. The van der Waals surface area contributed by atoms with Crippen molar-refractivity contribution in [2.24, 2.45) is 0 Å². The fourth-order valence-corrected chi connectivity index (χ4v) is 3.72. The first-order valence-electron chi connectivity index (χ1n) is 7.08. The summed E-state index contributed by atoms with van der Waals surface area (Å²) in [6.07, 6.45) is 2.00. The lowest BCUT2D eigenvalue weighted by atomic mass is 10.0. The maximum Gasteiger partial charge on any atom is 0.230 e. The first kappa shape index (κ1) is 16.0. The van der Waals surface area contributed by atoms with Crippen LogP contribution in [0.3, 0.4) is 0 Å². The zero-order valence-electron chi connectivity index (χ0n) is 12.3. The van der Waals surface area contributed by atoms with Crippen molar-refractivity contribution in [1.82, 2.24) is 10.3 Å². The summed E-state index contributed by atoms with van der Waals surface area (Å²) in [4.78, 5) is 16.5. The summed E-state index contributed by atoms with van der Waals surface area (Å²) in [5.41, 5.74) is 2.18. The van der Waals surface area contributed by atoms with Gasteiger partial charge in [0.1, 0.15) is 0 Å². The van der Waals surface area contributed by atoms with Crippen molar-refractivity contribution >= 4 is 29.0 Å². The number of aryl methyl sites for hydroxylation is 1. The van der Waals surface area contributed by atoms with Gasteiger partial charge in [-0.3, -0.25) is 4.79 Å². The Morgan fingerprint density at radius 3 is 2.76 bits per heavy atom. The Kier molecular flexibility index (Phi) is 6.26. The zero-order valence-corrected chi connectivity index (χ0v) is 14.0. The van der Waals surface area contributed by atoms with Crippen LogP contribution in [0.1, 0.15) is 37.1 Å². The summed E-state index contributed by atoms with van der Waals surface area (Å²) in [5, 5.41) is 5.13. The average molecular weight is 320 g/mol. The SMILES string of the molecule is CCCC(NC(=O)CSc1nc(C)cs1)c1ccccc1. The minimum absolute atomic E-state index is 0.0650. The van der Waals surface area contributed by atoms with E-state index < -0.39 is 0 Å². The van der Waals surface area contributed by atoms with E-state index in [0.717, 1.165) is 22.9 Å². The number of thiazole rings is 1. The second-order valence-corrected chi connectivity index (χ2v) is 6.94. The number of benzene rings is 1. The number of rotatable bonds is 7. The van der Waals surface area contributed by atoms with Crippen molar-refractivity contribution in [3.05, 3.63) is 47.0 Å². The Morgan fingerprint density at radius 1 is 1.38 bits per heavy atom. The maximum atomic E-state index is 12.1. The molecule has 21 heavy (non-hydrogen) atoms. The van der Waals surface area contributed by atoms with E-state index in [1.807, 2.05) is 30.5 Å². The number of amides is 1. The number of hydrogen-bond acceptors (Lipinski definition) is 4. The molecule has 0 radical (unpaired) electrons. The highest BCUT2D eigenvalue weighted by molar-refractivity contribution is 8.01. The normalized spacial score (nSPS) is 12.1. The maximum absolute atomic E-state index is 12.1. The summed E-state index contributed by atoms with van der Waals surface area (Å²) in [5.74, 6) is 0.482. The lowest BCUT2D eigenvalue weighted by Gasteiger charge is -2.18. The minimum Gasteiger partial charge on any atom is -0.349 e. The molecule has 5 heteroatoms. The van der Waals surface area contributed by atoms with Crippen LogP contribution in [0.25, 0.3) is 0 Å². The lowest BCUT2D eigenvalue weighted by Crippen LogP contribution is -2.29. The topological polar surface area (TPSA) is 42.0 Å². The summed E-state index contributed by atoms with van der Waals surface area (Å²) >= 11 is 3.09. The van der Waals surface area contributed by atoms with Crippen LogP contribution in [0, 0.1) is 6.92 Å². The van der Waals surface area contributed by atoms with E-state index in [-0.39, 0.29) is 11.9 Å². The highest BCUT2D eigenvalue weighted by Crippen LogP contribution is 2.23. The van der Waals surface area contributed by atoms with Gasteiger partial charge in [-0.1, -0.05) is 55.4 Å². The Morgan fingerprint density at radius 2 is 2.14 bits per heavy atom. The van der Waals surface area contributed by atoms with Gasteiger partial charge in [0.2, 0.25) is 5.91 Å². The molecule has 112 valence electrons. The molecule has 0 saturated heterocycles. The van der Waals surface area contributed by atoms with Crippen LogP contribution in [0.5, 0.6) is 0 Å². The van der Waals surface area contributed by atoms with E-state index in [4.69, 9.17) is 0 Å². The number of nitrogens with zero attached hydrogens (tertiary/aromatic N) is 1. The third kappa shape index (κ3) is 5.17. The van der Waals surface area contributed by atoms with Gasteiger partial charge in [0.15, 0.2) is 4.34 Å². The van der Waals surface area contributed by atoms with Crippen molar-refractivity contribution < 1.29 is 4.79 Å². The van der Waals surface area contributed by atoms with E-state index in [1.54, 1.807) is 11.3 Å². The van der Waals surface area contributed by atoms with Crippen molar-refractivity contribution in [3.63, 3.8) is 0 Å². The van der Waals surface area contributed by atoms with Gasteiger partial charge in [0.25, 0.3) is 0 Å². The lowest BCUT2D eigenvalue weighted by molar-refractivity contribution is -0.119. The molecule has 0 saturated carbocycles. The Bertz CT molecular complexity index is 569. The van der Waals surface area contributed by atoms with Crippen LogP contribution in [0.4, 0.5) is 0 Å². The molecule has 0 spiro atoms. The first-order chi connectivity index (χ1) is 10.2. The van der Waals surface area contributed by atoms with Crippen molar-refractivity contribution in [2.75, 3.05) is 5.75 Å². The van der Waals surface area contributed by atoms with Crippen molar-refractivity contribution in [3.8, 4) is 0 Å². The first-order valence-corrected chi connectivity index (χ1v) is 8.94. The number of aromatic nitrogens is 1. The summed E-state index contributed by atoms with van der Waals surface area (Å²) in [6.45, 7) is 4.10. The van der Waals surface area contributed by atoms with E-state index in [9.17, 15) is 4.79 Å². The quantitative estimate of drug-likeness (QED) is 0.777. The van der Waals surface area contributed by atoms with Crippen LogP contribution < -0.4 is 5.32 Å². The summed E-state index contributed by atoms with van der Waals surface area (Å²) in [6, 6.07) is 10.3. The third-order valence-corrected chi connectivity index (χ3v) is 5.18. The zero-order chi connectivity index (χ0) is 15.1. The molecule has 1 unspecified atom stereocenters. The molecule has 0 aliphatic heterocycles. The minimum atomic E-state index is 0.0650. The number of nitrogens with one attached hydrogen (secondary N) is 1. The highest BCUT2D eigenvalue weighted by atomic mass is 32.2. The van der Waals surface area contributed by atoms with E-state index in [2.05, 4.69) is 29.4 Å². The number of carbonyl (C=O) groups excluding carboxylic acids is 1. The van der Waals surface area contributed by atoms with Gasteiger partial charge < -0.3 is 5.32 Å². The molecule has 1 atom stereocenters. The fraction of sp³-hybridized carbons (Fsp3) is 0.375. The van der Waals surface area contributed by atoms with Crippen LogP contribution in [0.15, 0.2) is 40.1 Å². The smallest absolute Gasteiger partial charge is 0.230 e. The number of hydrogen-bond donors (Lipinski definition) is 1. The molecule has 0 aliphatic rings. The van der Waals surface area contributed by atoms with Crippen molar-refractivity contribution in [2.45, 2.75) is 37.1 Å². The molecule has 1 heterocycles. The largest absolute Gasteiger partial charge is 0.349 e. The summed E-state index contributed by atoms with van der Waals surface area (Å²) < 4.78 is 0.953. The Labute approximate surface area is 134 Å². The molecule has 1 amide bonds. The molecule has 0 bridgehead atoms. The van der Waals surface area contributed by atoms with Crippen LogP contribution in [0.2, 0.25) is 0 Å². The standard InChI is InChI=1S/C16H20N2OS2/c1-3-7-14(13-8-5-4-6-9-13)18-15(19)11-21-16-17-12(2)10-20-16/h4-6,8-10,14H,3,7,11H2,1-2H3,(H,18,19). The number of thioether (sulfide) groups is 1. The van der Waals surface area contributed by atoms with Crippen LogP contribution in [-0.2, 0) is 4.79 Å². The van der Waals surface area contributed by atoms with E-state index >= 15 is 0 Å². The van der Waals surface area contributed by atoms with Gasteiger partial charge in [-0.15, -0.1) is 11.3 Å². The Balaban J connectivity index is 1.89. The molecule has 3 nitrogen and oxygen atoms in total. The molecule has 2 rings (SSSR count). The van der Waals surface area contributed by atoms with Gasteiger partial charge in [-0.2, -0.15) is 0 Å². The van der Waals surface area contributed by atoms with Gasteiger partial charge in [0, 0.05) is 11.1 Å². The predicted molar refractivity (Wildman–Crippen MR) is 89.8 cm³/mol. The Hall–Kier alpha value is -1.33. The van der Waals surface area contributed by atoms with Crippen LogP contribution in [-0.4, -0.2) is 16.6 Å². The molecule has 1 aromatic carbocycles. The summed E-state index contributed by atoms with van der Waals surface area (Å²) in [7, 11) is 0. The van der Waals surface area contributed by atoms with Gasteiger partial charge >= 0.3 is 0 Å². The van der Waals surface area contributed by atoms with Gasteiger partial charge in [-0.05, 0) is 18.9 Å². The second kappa shape index (κ2) is 8.20. The average Bonchev–Trinajstić information content (AvgIpc) is 2.91. The highest BCUT2D eigenvalue weighted by Gasteiger charge is 2.14. The molecular formula is C16H20N2OS2.